The van der Waals surface area contributed by atoms with Crippen LogP contribution in [0.2, 0.25) is 0 Å². The fourth-order valence-corrected chi connectivity index (χ4v) is 4.02. The molecule has 4 rings (SSSR count). The number of benzene rings is 3. The molecule has 1 N–H and O–H groups in total. The van der Waals surface area contributed by atoms with Crippen LogP contribution in [0.4, 0.5) is 5.69 Å². The highest BCUT2D eigenvalue weighted by Crippen LogP contribution is 2.35. The Morgan fingerprint density at radius 3 is 2.10 bits per heavy atom. The van der Waals surface area contributed by atoms with Gasteiger partial charge in [0.1, 0.15) is 5.75 Å². The maximum Gasteiger partial charge on any atom is 0.118 e. The second-order valence-corrected chi connectivity index (χ2v) is 8.00. The molecule has 0 radical (unpaired) electrons. The normalized spacial score (nSPS) is 14.1. The van der Waals surface area contributed by atoms with Crippen LogP contribution in [-0.4, -0.2) is 38.2 Å². The Labute approximate surface area is 186 Å². The lowest BCUT2D eigenvalue weighted by atomic mass is 9.88. The van der Waals surface area contributed by atoms with Gasteiger partial charge in [0.25, 0.3) is 0 Å². The molecule has 0 aromatic heterocycles. The van der Waals surface area contributed by atoms with Crippen molar-refractivity contribution in [1.29, 1.82) is 0 Å². The smallest absolute Gasteiger partial charge is 0.118 e. The second kappa shape index (κ2) is 10.3. The first kappa shape index (κ1) is 21.2. The molecule has 3 aromatic carbocycles. The van der Waals surface area contributed by atoms with Crippen LogP contribution in [0.1, 0.15) is 36.5 Å². The second-order valence-electron chi connectivity index (χ2n) is 8.00. The van der Waals surface area contributed by atoms with E-state index in [4.69, 9.17) is 4.74 Å². The van der Waals surface area contributed by atoms with Gasteiger partial charge in [-0.25, -0.2) is 0 Å². The Morgan fingerprint density at radius 1 is 0.839 bits per heavy atom. The SMILES string of the molecule is CC/C(=C(\c1ccccc1)c1ccc(NCCCN2CC2)cc1)c1ccc(OC)cc1. The molecule has 1 heterocycles. The van der Waals surface area contributed by atoms with Gasteiger partial charge in [-0.3, -0.25) is 0 Å². The van der Waals surface area contributed by atoms with Gasteiger partial charge >= 0.3 is 0 Å². The first-order valence-electron chi connectivity index (χ1n) is 11.3. The molecule has 160 valence electrons. The van der Waals surface area contributed by atoms with Crippen molar-refractivity contribution < 1.29 is 4.74 Å². The molecule has 0 amide bonds. The van der Waals surface area contributed by atoms with Crippen LogP contribution in [0.25, 0.3) is 11.1 Å². The van der Waals surface area contributed by atoms with Crippen LogP contribution >= 0.6 is 0 Å². The summed E-state index contributed by atoms with van der Waals surface area (Å²) in [6, 6.07) is 28.0. The number of anilines is 1. The largest absolute Gasteiger partial charge is 0.497 e. The number of nitrogens with zero attached hydrogens (tertiary/aromatic N) is 1. The van der Waals surface area contributed by atoms with Gasteiger partial charge in [-0.2, -0.15) is 0 Å². The molecular weight excluding hydrogens is 380 g/mol. The first-order valence-corrected chi connectivity index (χ1v) is 11.3. The Morgan fingerprint density at radius 2 is 1.48 bits per heavy atom. The lowest BCUT2D eigenvalue weighted by Crippen LogP contribution is -2.08. The van der Waals surface area contributed by atoms with Crippen molar-refractivity contribution in [2.24, 2.45) is 0 Å². The van der Waals surface area contributed by atoms with E-state index >= 15 is 0 Å². The van der Waals surface area contributed by atoms with E-state index in [2.05, 4.69) is 83.9 Å². The molecule has 0 spiro atoms. The zero-order valence-corrected chi connectivity index (χ0v) is 18.6. The van der Waals surface area contributed by atoms with Crippen LogP contribution in [-0.2, 0) is 0 Å². The van der Waals surface area contributed by atoms with Gasteiger partial charge in [-0.15, -0.1) is 0 Å². The van der Waals surface area contributed by atoms with Gasteiger partial charge in [0.15, 0.2) is 0 Å². The summed E-state index contributed by atoms with van der Waals surface area (Å²) in [5.74, 6) is 0.884. The Kier molecular flexibility index (Phi) is 7.06. The van der Waals surface area contributed by atoms with Gasteiger partial charge in [0.2, 0.25) is 0 Å². The number of hydrogen-bond acceptors (Lipinski definition) is 3. The molecule has 3 nitrogen and oxygen atoms in total. The lowest BCUT2D eigenvalue weighted by molar-refractivity contribution is 0.415. The van der Waals surface area contributed by atoms with E-state index in [0.717, 1.165) is 18.7 Å². The molecule has 1 aliphatic heterocycles. The Bertz CT molecular complexity index is 987. The average Bonchev–Trinajstić information content (AvgIpc) is 3.66. The quantitative estimate of drug-likeness (QED) is 0.244. The zero-order valence-electron chi connectivity index (χ0n) is 18.6. The standard InChI is InChI=1S/C28H32N2O/c1-3-27(22-12-16-26(31-2)17-13-22)28(23-8-5-4-6-9-23)24-10-14-25(15-11-24)29-18-7-19-30-20-21-30/h4-6,8-17,29H,3,7,18-21H2,1-2H3/b28-27-. The molecule has 31 heavy (non-hydrogen) atoms. The molecule has 0 aliphatic carbocycles. The number of hydrogen-bond donors (Lipinski definition) is 1. The summed E-state index contributed by atoms with van der Waals surface area (Å²) in [6.07, 6.45) is 2.14. The van der Waals surface area contributed by atoms with Crippen LogP contribution in [0.15, 0.2) is 78.9 Å². The van der Waals surface area contributed by atoms with Gasteiger partial charge < -0.3 is 15.0 Å². The fourth-order valence-electron chi connectivity index (χ4n) is 4.02. The van der Waals surface area contributed by atoms with E-state index in [1.165, 1.54) is 59.6 Å². The molecule has 0 bridgehead atoms. The van der Waals surface area contributed by atoms with Crippen LogP contribution in [0, 0.1) is 0 Å². The lowest BCUT2D eigenvalue weighted by Gasteiger charge is -2.17. The predicted molar refractivity (Wildman–Crippen MR) is 132 cm³/mol. The van der Waals surface area contributed by atoms with Crippen LogP contribution < -0.4 is 10.1 Å². The van der Waals surface area contributed by atoms with Crippen molar-refractivity contribution in [3.05, 3.63) is 95.6 Å². The minimum absolute atomic E-state index is 0.884. The van der Waals surface area contributed by atoms with Crippen molar-refractivity contribution in [2.75, 3.05) is 38.6 Å². The van der Waals surface area contributed by atoms with Crippen molar-refractivity contribution in [2.45, 2.75) is 19.8 Å². The molecule has 1 aliphatic rings. The monoisotopic (exact) mass is 412 g/mol. The summed E-state index contributed by atoms with van der Waals surface area (Å²) < 4.78 is 5.36. The Balaban J connectivity index is 1.63. The maximum atomic E-state index is 5.36. The summed E-state index contributed by atoms with van der Waals surface area (Å²) in [4.78, 5) is 2.47. The molecule has 3 aromatic rings. The van der Waals surface area contributed by atoms with Gasteiger partial charge in [-0.05, 0) is 71.5 Å². The van der Waals surface area contributed by atoms with Gasteiger partial charge in [-0.1, -0.05) is 61.5 Å². The minimum Gasteiger partial charge on any atom is -0.497 e. The highest BCUT2D eigenvalue weighted by molar-refractivity contribution is 5.98. The third-order valence-electron chi connectivity index (χ3n) is 5.85. The topological polar surface area (TPSA) is 24.3 Å². The van der Waals surface area contributed by atoms with E-state index < -0.39 is 0 Å². The number of nitrogens with one attached hydrogen (secondary N) is 1. The van der Waals surface area contributed by atoms with E-state index in [9.17, 15) is 0 Å². The first-order chi connectivity index (χ1) is 15.3. The Hall–Kier alpha value is -3.04. The maximum absolute atomic E-state index is 5.36. The molecule has 1 saturated heterocycles. The van der Waals surface area contributed by atoms with Crippen molar-refractivity contribution in [3.63, 3.8) is 0 Å². The summed E-state index contributed by atoms with van der Waals surface area (Å²) in [7, 11) is 1.71. The molecule has 0 unspecified atom stereocenters. The molecular formula is C28H32N2O. The molecule has 1 fully saturated rings. The highest BCUT2D eigenvalue weighted by Gasteiger charge is 2.15. The summed E-state index contributed by atoms with van der Waals surface area (Å²) >= 11 is 0. The number of ether oxygens (including phenoxy) is 1. The summed E-state index contributed by atoms with van der Waals surface area (Å²) in [6.45, 7) is 7.00. The number of rotatable bonds is 10. The van der Waals surface area contributed by atoms with E-state index in [-0.39, 0.29) is 0 Å². The highest BCUT2D eigenvalue weighted by atomic mass is 16.5. The van der Waals surface area contributed by atoms with E-state index in [1.54, 1.807) is 7.11 Å². The van der Waals surface area contributed by atoms with E-state index in [0.29, 0.717) is 0 Å². The molecule has 0 saturated carbocycles. The fraction of sp³-hybridized carbons (Fsp3) is 0.286. The van der Waals surface area contributed by atoms with Crippen LogP contribution in [0.3, 0.4) is 0 Å². The van der Waals surface area contributed by atoms with E-state index in [1.807, 2.05) is 12.1 Å². The third-order valence-corrected chi connectivity index (χ3v) is 5.85. The van der Waals surface area contributed by atoms with Crippen LogP contribution in [0.5, 0.6) is 5.75 Å². The third kappa shape index (κ3) is 5.56. The zero-order chi connectivity index (χ0) is 21.5. The number of methoxy groups -OCH3 is 1. The van der Waals surface area contributed by atoms with Crippen molar-refractivity contribution in [1.82, 2.24) is 4.90 Å². The summed E-state index contributed by atoms with van der Waals surface area (Å²) in [5, 5.41) is 3.56. The average molecular weight is 413 g/mol. The molecule has 3 heteroatoms. The van der Waals surface area contributed by atoms with Gasteiger partial charge in [0, 0.05) is 25.3 Å². The minimum atomic E-state index is 0.884. The summed E-state index contributed by atoms with van der Waals surface area (Å²) in [5.41, 5.74) is 7.54. The number of allylic oxidation sites excluding steroid dienone is 1. The van der Waals surface area contributed by atoms with Crippen molar-refractivity contribution in [3.8, 4) is 5.75 Å². The van der Waals surface area contributed by atoms with Crippen molar-refractivity contribution >= 4 is 16.8 Å². The molecule has 0 atom stereocenters. The van der Waals surface area contributed by atoms with Gasteiger partial charge in [0.05, 0.1) is 7.11 Å². The predicted octanol–water partition coefficient (Wildman–Crippen LogP) is 6.18.